The highest BCUT2D eigenvalue weighted by molar-refractivity contribution is 5.67. The number of hydrogen-bond donors (Lipinski definition) is 2. The van der Waals surface area contributed by atoms with Crippen molar-refractivity contribution in [2.24, 2.45) is 0 Å². The first kappa shape index (κ1) is 16.1. The number of aryl methyl sites for hydroxylation is 1. The molecule has 0 amide bonds. The van der Waals surface area contributed by atoms with Crippen LogP contribution in [0.1, 0.15) is 37.7 Å². The van der Waals surface area contributed by atoms with Crippen LogP contribution in [0.25, 0.3) is 0 Å². The first-order valence-corrected chi connectivity index (χ1v) is 7.32. The number of nitrogens with one attached hydrogen (secondary N) is 1. The first-order valence-electron chi connectivity index (χ1n) is 7.32. The second-order valence-electron chi connectivity index (χ2n) is 6.41. The van der Waals surface area contributed by atoms with Gasteiger partial charge in [0.15, 0.2) is 5.82 Å². The van der Waals surface area contributed by atoms with Gasteiger partial charge >= 0.3 is 0 Å². The maximum atomic E-state index is 6.08. The van der Waals surface area contributed by atoms with Crippen molar-refractivity contribution in [1.29, 1.82) is 0 Å². The van der Waals surface area contributed by atoms with Crippen LogP contribution in [-0.2, 0) is 12.0 Å². The van der Waals surface area contributed by atoms with Crippen molar-refractivity contribution < 1.29 is 4.74 Å². The van der Waals surface area contributed by atoms with E-state index in [2.05, 4.69) is 67.2 Å². The van der Waals surface area contributed by atoms with Crippen molar-refractivity contribution in [3.63, 3.8) is 0 Å². The lowest BCUT2D eigenvalue weighted by Crippen LogP contribution is -2.19. The molecular formula is C17H24N4O. The van der Waals surface area contributed by atoms with Gasteiger partial charge in [-0.1, -0.05) is 50.6 Å². The Labute approximate surface area is 131 Å². The molecule has 1 aromatic heterocycles. The summed E-state index contributed by atoms with van der Waals surface area (Å²) in [5.41, 5.74) is 8.74. The van der Waals surface area contributed by atoms with Gasteiger partial charge in [-0.2, -0.15) is 4.98 Å². The number of ether oxygens (including phenoxy) is 1. The Kier molecular flexibility index (Phi) is 4.54. The third-order valence-electron chi connectivity index (χ3n) is 3.36. The normalized spacial score (nSPS) is 11.3. The zero-order valence-electron chi connectivity index (χ0n) is 13.9. The molecule has 22 heavy (non-hydrogen) atoms. The zero-order valence-corrected chi connectivity index (χ0v) is 13.9. The molecule has 1 heterocycles. The molecule has 0 unspecified atom stereocenters. The number of benzene rings is 1. The van der Waals surface area contributed by atoms with Crippen LogP contribution >= 0.6 is 0 Å². The molecule has 0 saturated carbocycles. The summed E-state index contributed by atoms with van der Waals surface area (Å²) in [7, 11) is 1.56. The summed E-state index contributed by atoms with van der Waals surface area (Å²) in [4.78, 5) is 8.95. The fourth-order valence-electron chi connectivity index (χ4n) is 1.97. The maximum Gasteiger partial charge on any atom is 0.242 e. The Morgan fingerprint density at radius 2 is 1.77 bits per heavy atom. The summed E-state index contributed by atoms with van der Waals surface area (Å²) < 4.78 is 5.27. The van der Waals surface area contributed by atoms with Crippen LogP contribution < -0.4 is 15.8 Å². The average Bonchev–Trinajstić information content (AvgIpc) is 2.46. The molecule has 0 aliphatic rings. The minimum atomic E-state index is -0.179. The highest BCUT2D eigenvalue weighted by Crippen LogP contribution is 2.30. The summed E-state index contributed by atoms with van der Waals surface area (Å²) in [5, 5.41) is 3.28. The number of anilines is 2. The van der Waals surface area contributed by atoms with Gasteiger partial charge < -0.3 is 15.8 Å². The molecular weight excluding hydrogens is 276 g/mol. The first-order chi connectivity index (χ1) is 10.3. The quantitative estimate of drug-likeness (QED) is 0.906. The molecule has 0 bridgehead atoms. The molecule has 0 radical (unpaired) electrons. The van der Waals surface area contributed by atoms with Crippen LogP contribution in [0.5, 0.6) is 5.88 Å². The van der Waals surface area contributed by atoms with Gasteiger partial charge in [0.2, 0.25) is 5.88 Å². The molecule has 2 rings (SSSR count). The molecule has 0 saturated heterocycles. The van der Waals surface area contributed by atoms with Crippen LogP contribution in [0, 0.1) is 6.92 Å². The second-order valence-corrected chi connectivity index (χ2v) is 6.41. The fourth-order valence-corrected chi connectivity index (χ4v) is 1.97. The van der Waals surface area contributed by atoms with Gasteiger partial charge in [0.1, 0.15) is 11.5 Å². The van der Waals surface area contributed by atoms with Crippen LogP contribution in [0.4, 0.5) is 11.5 Å². The van der Waals surface area contributed by atoms with Gasteiger partial charge in [-0.15, -0.1) is 0 Å². The summed E-state index contributed by atoms with van der Waals surface area (Å²) >= 11 is 0. The number of hydrogen-bond acceptors (Lipinski definition) is 5. The van der Waals surface area contributed by atoms with E-state index in [4.69, 9.17) is 10.5 Å². The van der Waals surface area contributed by atoms with Crippen molar-refractivity contribution in [3.05, 3.63) is 41.2 Å². The van der Waals surface area contributed by atoms with Gasteiger partial charge in [0, 0.05) is 12.0 Å². The summed E-state index contributed by atoms with van der Waals surface area (Å²) in [6.45, 7) is 8.89. The van der Waals surface area contributed by atoms with Gasteiger partial charge in [0.05, 0.1) is 7.11 Å². The van der Waals surface area contributed by atoms with E-state index in [0.29, 0.717) is 29.8 Å². The SMILES string of the molecule is COc1nc(C(C)(C)C)nc(NCc2ccc(C)cc2)c1N. The van der Waals surface area contributed by atoms with E-state index in [9.17, 15) is 0 Å². The number of nitrogens with zero attached hydrogens (tertiary/aromatic N) is 2. The molecule has 5 heteroatoms. The van der Waals surface area contributed by atoms with Crippen molar-refractivity contribution in [3.8, 4) is 5.88 Å². The van der Waals surface area contributed by atoms with Gasteiger partial charge in [-0.25, -0.2) is 4.98 Å². The second kappa shape index (κ2) is 6.22. The topological polar surface area (TPSA) is 73.1 Å². The average molecular weight is 300 g/mol. The lowest BCUT2D eigenvalue weighted by Gasteiger charge is -2.20. The van der Waals surface area contributed by atoms with Crippen LogP contribution in [0.2, 0.25) is 0 Å². The molecule has 2 aromatic rings. The molecule has 5 nitrogen and oxygen atoms in total. The fraction of sp³-hybridized carbons (Fsp3) is 0.412. The number of nitrogen functional groups attached to an aromatic ring is 1. The molecule has 0 spiro atoms. The minimum absolute atomic E-state index is 0.179. The van der Waals surface area contributed by atoms with E-state index in [-0.39, 0.29) is 5.41 Å². The molecule has 3 N–H and O–H groups in total. The highest BCUT2D eigenvalue weighted by Gasteiger charge is 2.22. The van der Waals surface area contributed by atoms with Crippen molar-refractivity contribution in [2.45, 2.75) is 39.7 Å². The monoisotopic (exact) mass is 300 g/mol. The summed E-state index contributed by atoms with van der Waals surface area (Å²) in [5.74, 6) is 1.72. The van der Waals surface area contributed by atoms with Gasteiger partial charge in [-0.3, -0.25) is 0 Å². The van der Waals surface area contributed by atoms with Crippen LogP contribution in [-0.4, -0.2) is 17.1 Å². The van der Waals surface area contributed by atoms with Crippen molar-refractivity contribution in [2.75, 3.05) is 18.2 Å². The summed E-state index contributed by atoms with van der Waals surface area (Å²) in [6, 6.07) is 8.34. The molecule has 0 aliphatic carbocycles. The third kappa shape index (κ3) is 3.67. The standard InChI is InChI=1S/C17H24N4O/c1-11-6-8-12(9-7-11)10-19-14-13(18)15(22-5)21-16(20-14)17(2,3)4/h6-9H,10,18H2,1-5H3,(H,19,20,21). The Morgan fingerprint density at radius 3 is 2.32 bits per heavy atom. The van der Waals surface area contributed by atoms with Gasteiger partial charge in [0.25, 0.3) is 0 Å². The molecule has 0 aliphatic heterocycles. The maximum absolute atomic E-state index is 6.08. The van der Waals surface area contributed by atoms with E-state index in [1.165, 1.54) is 11.1 Å². The Morgan fingerprint density at radius 1 is 1.14 bits per heavy atom. The zero-order chi connectivity index (χ0) is 16.3. The smallest absolute Gasteiger partial charge is 0.242 e. The Hall–Kier alpha value is -2.30. The predicted octanol–water partition coefficient (Wildman–Crippen LogP) is 3.29. The predicted molar refractivity (Wildman–Crippen MR) is 90.2 cm³/mol. The lowest BCUT2D eigenvalue weighted by molar-refractivity contribution is 0.391. The van der Waals surface area contributed by atoms with E-state index in [0.717, 1.165) is 0 Å². The van der Waals surface area contributed by atoms with Crippen LogP contribution in [0.15, 0.2) is 24.3 Å². The number of aromatic nitrogens is 2. The molecule has 118 valence electrons. The largest absolute Gasteiger partial charge is 0.479 e. The molecule has 1 aromatic carbocycles. The lowest BCUT2D eigenvalue weighted by atomic mass is 9.96. The number of nitrogens with two attached hydrogens (primary N) is 1. The Balaban J connectivity index is 2.27. The van der Waals surface area contributed by atoms with E-state index < -0.39 is 0 Å². The van der Waals surface area contributed by atoms with Crippen molar-refractivity contribution >= 4 is 11.5 Å². The van der Waals surface area contributed by atoms with Crippen LogP contribution in [0.3, 0.4) is 0 Å². The van der Waals surface area contributed by atoms with E-state index in [1.54, 1.807) is 7.11 Å². The third-order valence-corrected chi connectivity index (χ3v) is 3.36. The number of methoxy groups -OCH3 is 1. The Bertz CT molecular complexity index is 645. The minimum Gasteiger partial charge on any atom is -0.479 e. The summed E-state index contributed by atoms with van der Waals surface area (Å²) in [6.07, 6.45) is 0. The van der Waals surface area contributed by atoms with E-state index >= 15 is 0 Å². The molecule has 0 atom stereocenters. The molecule has 0 fully saturated rings. The number of rotatable bonds is 4. The highest BCUT2D eigenvalue weighted by atomic mass is 16.5. The van der Waals surface area contributed by atoms with Gasteiger partial charge in [-0.05, 0) is 12.5 Å². The van der Waals surface area contributed by atoms with E-state index in [1.807, 2.05) is 0 Å². The van der Waals surface area contributed by atoms with Crippen molar-refractivity contribution in [1.82, 2.24) is 9.97 Å².